The molecule has 0 aliphatic heterocycles. The molecule has 7 nitrogen and oxygen atoms in total. The van der Waals surface area contributed by atoms with Crippen LogP contribution in [0.15, 0.2) is 60.7 Å². The van der Waals surface area contributed by atoms with Crippen LogP contribution in [0.1, 0.15) is 17.5 Å². The highest BCUT2D eigenvalue weighted by Gasteiger charge is 2.28. The average molecular weight is 444 g/mol. The first-order chi connectivity index (χ1) is 14.9. The van der Waals surface area contributed by atoms with Crippen LogP contribution in [0.4, 0.5) is 0 Å². The van der Waals surface area contributed by atoms with Crippen molar-refractivity contribution in [3.05, 3.63) is 71.8 Å². The number of hydrogen-bond acceptors (Lipinski definition) is 5. The predicted octanol–water partition coefficient (Wildman–Crippen LogP) is 1.61. The number of carboxylic acid groups (broad SMARTS) is 1. The molecule has 0 aromatic heterocycles. The van der Waals surface area contributed by atoms with Gasteiger partial charge >= 0.3 is 5.97 Å². The maximum Gasteiger partial charge on any atom is 0.326 e. The fourth-order valence-corrected chi connectivity index (χ4v) is 3.53. The van der Waals surface area contributed by atoms with Crippen molar-refractivity contribution in [2.45, 2.75) is 37.4 Å². The summed E-state index contributed by atoms with van der Waals surface area (Å²) in [6, 6.07) is 15.5. The number of carboxylic acids is 1. The van der Waals surface area contributed by atoms with E-state index < -0.39 is 35.9 Å². The Bertz CT molecular complexity index is 848. The van der Waals surface area contributed by atoms with Crippen molar-refractivity contribution >= 4 is 29.5 Å². The fraction of sp³-hybridized carbons (Fsp3) is 0.348. The van der Waals surface area contributed by atoms with Crippen molar-refractivity contribution in [1.82, 2.24) is 10.6 Å². The molecule has 5 N–H and O–H groups in total. The summed E-state index contributed by atoms with van der Waals surface area (Å²) in [6.07, 6.45) is 2.78. The molecular formula is C23H29N3O4S. The van der Waals surface area contributed by atoms with Gasteiger partial charge in [-0.05, 0) is 29.6 Å². The van der Waals surface area contributed by atoms with Crippen LogP contribution < -0.4 is 16.4 Å². The first kappa shape index (κ1) is 24.4. The molecule has 0 unspecified atom stereocenters. The molecule has 0 fully saturated rings. The lowest BCUT2D eigenvalue weighted by Gasteiger charge is -2.23. The molecule has 0 spiro atoms. The van der Waals surface area contributed by atoms with E-state index in [1.165, 1.54) is 0 Å². The Labute approximate surface area is 186 Å². The summed E-state index contributed by atoms with van der Waals surface area (Å²) in [7, 11) is 0. The fourth-order valence-electron chi connectivity index (χ4n) is 3.04. The third-order valence-corrected chi connectivity index (χ3v) is 5.43. The molecule has 0 heterocycles. The van der Waals surface area contributed by atoms with Gasteiger partial charge in [-0.1, -0.05) is 60.7 Å². The zero-order valence-electron chi connectivity index (χ0n) is 17.5. The molecule has 0 saturated carbocycles. The van der Waals surface area contributed by atoms with Gasteiger partial charge in [0.15, 0.2) is 0 Å². The van der Waals surface area contributed by atoms with Crippen LogP contribution >= 0.6 is 11.8 Å². The van der Waals surface area contributed by atoms with Crippen LogP contribution in [-0.4, -0.2) is 53.0 Å². The Morgan fingerprint density at radius 1 is 0.871 bits per heavy atom. The van der Waals surface area contributed by atoms with E-state index in [2.05, 4.69) is 10.6 Å². The molecule has 3 atom stereocenters. The van der Waals surface area contributed by atoms with Gasteiger partial charge in [-0.15, -0.1) is 0 Å². The van der Waals surface area contributed by atoms with Gasteiger partial charge in [0.2, 0.25) is 11.8 Å². The summed E-state index contributed by atoms with van der Waals surface area (Å²) < 4.78 is 0. The Morgan fingerprint density at radius 3 is 1.84 bits per heavy atom. The highest BCUT2D eigenvalue weighted by Crippen LogP contribution is 2.08. The highest BCUT2D eigenvalue weighted by molar-refractivity contribution is 7.98. The first-order valence-corrected chi connectivity index (χ1v) is 11.5. The Morgan fingerprint density at radius 2 is 1.35 bits per heavy atom. The van der Waals surface area contributed by atoms with Crippen molar-refractivity contribution < 1.29 is 19.5 Å². The minimum atomic E-state index is -1.14. The number of amides is 2. The minimum absolute atomic E-state index is 0.140. The van der Waals surface area contributed by atoms with E-state index in [0.717, 1.165) is 16.9 Å². The molecule has 166 valence electrons. The van der Waals surface area contributed by atoms with Crippen molar-refractivity contribution in [3.8, 4) is 0 Å². The number of hydrogen-bond donors (Lipinski definition) is 4. The predicted molar refractivity (Wildman–Crippen MR) is 123 cm³/mol. The zero-order chi connectivity index (χ0) is 22.6. The van der Waals surface area contributed by atoms with E-state index in [1.54, 1.807) is 23.9 Å². The van der Waals surface area contributed by atoms with Gasteiger partial charge in [0.1, 0.15) is 12.1 Å². The molecule has 0 aliphatic rings. The van der Waals surface area contributed by atoms with Crippen LogP contribution in [0.3, 0.4) is 0 Å². The SMILES string of the molecule is CSCC[C@H](N)C(=O)N[C@@H](Cc1ccccc1)C(=O)N[C@@H](Cc1ccccc1)C(=O)O. The minimum Gasteiger partial charge on any atom is -0.480 e. The van der Waals surface area contributed by atoms with Gasteiger partial charge in [-0.25, -0.2) is 4.79 Å². The van der Waals surface area contributed by atoms with Gasteiger partial charge in [0, 0.05) is 12.8 Å². The molecule has 2 aromatic rings. The lowest BCUT2D eigenvalue weighted by atomic mass is 10.0. The molecule has 0 aliphatic carbocycles. The second kappa shape index (κ2) is 12.8. The first-order valence-electron chi connectivity index (χ1n) is 10.1. The number of thioether (sulfide) groups is 1. The van der Waals surface area contributed by atoms with Gasteiger partial charge in [-0.3, -0.25) is 9.59 Å². The Kier molecular flexibility index (Phi) is 10.1. The lowest BCUT2D eigenvalue weighted by molar-refractivity contribution is -0.142. The van der Waals surface area contributed by atoms with Crippen molar-refractivity contribution in [2.24, 2.45) is 5.73 Å². The molecule has 2 amide bonds. The molecule has 0 saturated heterocycles. The number of carbonyl (C=O) groups excluding carboxylic acids is 2. The van der Waals surface area contributed by atoms with Crippen LogP contribution in [0, 0.1) is 0 Å². The smallest absolute Gasteiger partial charge is 0.326 e. The van der Waals surface area contributed by atoms with Crippen molar-refractivity contribution in [3.63, 3.8) is 0 Å². The van der Waals surface area contributed by atoms with Crippen LogP contribution in [0.5, 0.6) is 0 Å². The number of carbonyl (C=O) groups is 3. The summed E-state index contributed by atoms with van der Waals surface area (Å²) in [6.45, 7) is 0. The summed E-state index contributed by atoms with van der Waals surface area (Å²) in [5.74, 6) is -1.40. The second-order valence-corrected chi connectivity index (χ2v) is 8.21. The van der Waals surface area contributed by atoms with Crippen LogP contribution in [0.25, 0.3) is 0 Å². The number of nitrogens with two attached hydrogens (primary N) is 1. The Hall–Kier alpha value is -2.84. The van der Waals surface area contributed by atoms with Gasteiger partial charge < -0.3 is 21.5 Å². The molecule has 0 radical (unpaired) electrons. The monoisotopic (exact) mass is 443 g/mol. The maximum atomic E-state index is 13.0. The standard InChI is InChI=1S/C23H29N3O4S/c1-31-13-12-18(24)21(27)25-19(14-16-8-4-2-5-9-16)22(28)26-20(23(29)30)15-17-10-6-3-7-11-17/h2-11,18-20H,12-15,24H2,1H3,(H,25,27)(H,26,28)(H,29,30)/t18-,19-,20-/m0/s1. The van der Waals surface area contributed by atoms with E-state index in [4.69, 9.17) is 5.73 Å². The normalized spacial score (nSPS) is 13.6. The third kappa shape index (κ3) is 8.43. The maximum absolute atomic E-state index is 13.0. The molecule has 8 heteroatoms. The zero-order valence-corrected chi connectivity index (χ0v) is 18.3. The average Bonchev–Trinajstić information content (AvgIpc) is 2.77. The summed E-state index contributed by atoms with van der Waals surface area (Å²) in [4.78, 5) is 37.3. The Balaban J connectivity index is 2.13. The van der Waals surface area contributed by atoms with Crippen molar-refractivity contribution in [1.29, 1.82) is 0 Å². The topological polar surface area (TPSA) is 122 Å². The van der Waals surface area contributed by atoms with E-state index >= 15 is 0 Å². The quantitative estimate of drug-likeness (QED) is 0.395. The van der Waals surface area contributed by atoms with Gasteiger partial charge in [0.25, 0.3) is 0 Å². The second-order valence-electron chi connectivity index (χ2n) is 7.23. The van der Waals surface area contributed by atoms with E-state index in [1.807, 2.05) is 54.8 Å². The van der Waals surface area contributed by atoms with E-state index in [0.29, 0.717) is 6.42 Å². The summed E-state index contributed by atoms with van der Waals surface area (Å²) in [5.41, 5.74) is 7.58. The molecule has 0 bridgehead atoms. The van der Waals surface area contributed by atoms with Gasteiger partial charge in [0.05, 0.1) is 6.04 Å². The number of rotatable bonds is 12. The lowest BCUT2D eigenvalue weighted by Crippen LogP contribution is -2.55. The highest BCUT2D eigenvalue weighted by atomic mass is 32.2. The number of aliphatic carboxylic acids is 1. The summed E-state index contributed by atoms with van der Waals surface area (Å²) >= 11 is 1.58. The van der Waals surface area contributed by atoms with Crippen LogP contribution in [0.2, 0.25) is 0 Å². The van der Waals surface area contributed by atoms with E-state index in [9.17, 15) is 19.5 Å². The van der Waals surface area contributed by atoms with Crippen LogP contribution in [-0.2, 0) is 27.2 Å². The number of nitrogens with one attached hydrogen (secondary N) is 2. The number of benzene rings is 2. The molecule has 31 heavy (non-hydrogen) atoms. The third-order valence-electron chi connectivity index (χ3n) is 4.78. The molecular weight excluding hydrogens is 414 g/mol. The van der Waals surface area contributed by atoms with Gasteiger partial charge in [-0.2, -0.15) is 11.8 Å². The molecule has 2 rings (SSSR count). The largest absolute Gasteiger partial charge is 0.480 e. The van der Waals surface area contributed by atoms with Crippen molar-refractivity contribution in [2.75, 3.05) is 12.0 Å². The molecule has 2 aromatic carbocycles. The summed E-state index contributed by atoms with van der Waals surface area (Å²) in [5, 5.41) is 14.9. The van der Waals surface area contributed by atoms with E-state index in [-0.39, 0.29) is 12.8 Å².